The van der Waals surface area contributed by atoms with Crippen molar-refractivity contribution in [1.82, 2.24) is 5.32 Å². The van der Waals surface area contributed by atoms with Gasteiger partial charge in [-0.3, -0.25) is 0 Å². The van der Waals surface area contributed by atoms with E-state index in [-0.39, 0.29) is 11.7 Å². The first-order valence-corrected chi connectivity index (χ1v) is 6.16. The predicted molar refractivity (Wildman–Crippen MR) is 69.9 cm³/mol. The van der Waals surface area contributed by atoms with E-state index in [1.165, 1.54) is 0 Å². The van der Waals surface area contributed by atoms with Crippen LogP contribution in [0.3, 0.4) is 0 Å². The highest BCUT2D eigenvalue weighted by atomic mass is 16.3. The lowest BCUT2D eigenvalue weighted by Crippen LogP contribution is -2.42. The molecule has 0 aliphatic carbocycles. The van der Waals surface area contributed by atoms with Crippen molar-refractivity contribution in [3.63, 3.8) is 0 Å². The molecule has 0 aromatic heterocycles. The van der Waals surface area contributed by atoms with Crippen LogP contribution in [0.2, 0.25) is 0 Å². The fraction of sp³-hybridized carbons (Fsp3) is 0.571. The molecule has 0 saturated heterocycles. The van der Waals surface area contributed by atoms with Crippen molar-refractivity contribution in [2.45, 2.75) is 39.3 Å². The van der Waals surface area contributed by atoms with Crippen LogP contribution in [0.1, 0.15) is 32.8 Å². The molecule has 1 aromatic carbocycles. The average molecular weight is 237 g/mol. The third-order valence-corrected chi connectivity index (χ3v) is 3.40. The van der Waals surface area contributed by atoms with Crippen LogP contribution in [0.25, 0.3) is 0 Å². The molecule has 17 heavy (non-hydrogen) atoms. The molecule has 1 aromatic rings. The zero-order valence-corrected chi connectivity index (χ0v) is 10.9. The summed E-state index contributed by atoms with van der Waals surface area (Å²) in [5, 5.41) is 22.7. The summed E-state index contributed by atoms with van der Waals surface area (Å²) in [5.41, 5.74) is 0.330. The summed E-state index contributed by atoms with van der Waals surface area (Å²) in [5.74, 6) is 0.539. The minimum absolute atomic E-state index is 0.263. The first-order valence-electron chi connectivity index (χ1n) is 6.16. The van der Waals surface area contributed by atoms with Crippen molar-refractivity contribution in [1.29, 1.82) is 0 Å². The van der Waals surface area contributed by atoms with Crippen LogP contribution in [0.5, 0.6) is 5.75 Å². The Kier molecular flexibility index (Phi) is 4.97. The van der Waals surface area contributed by atoms with E-state index in [0.717, 1.165) is 12.0 Å². The smallest absolute Gasteiger partial charge is 0.115 e. The molecule has 1 rings (SSSR count). The second-order valence-electron chi connectivity index (χ2n) is 4.94. The van der Waals surface area contributed by atoms with Gasteiger partial charge in [0.2, 0.25) is 0 Å². The standard InChI is InChI=1S/C14H23NO2/c1-4-11(2)14(3,17)10-15-9-12-6-5-7-13(16)8-12/h5-8,11,15-17H,4,9-10H2,1-3H3/t11-,14+/m0/s1. The number of nitrogens with one attached hydrogen (secondary N) is 1. The largest absolute Gasteiger partial charge is 0.508 e. The van der Waals surface area contributed by atoms with Crippen molar-refractivity contribution in [2.75, 3.05) is 6.54 Å². The second kappa shape index (κ2) is 6.03. The molecule has 0 radical (unpaired) electrons. The summed E-state index contributed by atoms with van der Waals surface area (Å²) in [6.45, 7) is 7.19. The van der Waals surface area contributed by atoms with E-state index in [1.54, 1.807) is 12.1 Å². The van der Waals surface area contributed by atoms with Crippen LogP contribution < -0.4 is 5.32 Å². The summed E-state index contributed by atoms with van der Waals surface area (Å²) in [7, 11) is 0. The number of rotatable bonds is 6. The Hall–Kier alpha value is -1.06. The van der Waals surface area contributed by atoms with E-state index in [0.29, 0.717) is 13.1 Å². The third kappa shape index (κ3) is 4.36. The van der Waals surface area contributed by atoms with Crippen molar-refractivity contribution >= 4 is 0 Å². The summed E-state index contributed by atoms with van der Waals surface area (Å²) >= 11 is 0. The fourth-order valence-corrected chi connectivity index (χ4v) is 1.74. The zero-order chi connectivity index (χ0) is 12.9. The Balaban J connectivity index is 2.42. The summed E-state index contributed by atoms with van der Waals surface area (Å²) < 4.78 is 0. The monoisotopic (exact) mass is 237 g/mol. The van der Waals surface area contributed by atoms with Gasteiger partial charge in [0, 0.05) is 13.1 Å². The fourth-order valence-electron chi connectivity index (χ4n) is 1.74. The van der Waals surface area contributed by atoms with E-state index in [4.69, 9.17) is 0 Å². The molecular formula is C14H23NO2. The summed E-state index contributed by atoms with van der Waals surface area (Å²) in [4.78, 5) is 0. The molecule has 2 atom stereocenters. The van der Waals surface area contributed by atoms with Crippen LogP contribution in [-0.2, 0) is 6.54 Å². The Bertz CT molecular complexity index is 350. The van der Waals surface area contributed by atoms with Crippen LogP contribution >= 0.6 is 0 Å². The van der Waals surface area contributed by atoms with E-state index in [2.05, 4.69) is 19.2 Å². The maximum Gasteiger partial charge on any atom is 0.115 e. The molecule has 0 bridgehead atoms. The van der Waals surface area contributed by atoms with E-state index in [9.17, 15) is 10.2 Å². The maximum atomic E-state index is 10.2. The summed E-state index contributed by atoms with van der Waals surface area (Å²) in [6.07, 6.45) is 0.959. The Labute approximate surface area is 103 Å². The Morgan fingerprint density at radius 1 is 1.41 bits per heavy atom. The van der Waals surface area contributed by atoms with Crippen molar-refractivity contribution < 1.29 is 10.2 Å². The van der Waals surface area contributed by atoms with Crippen LogP contribution in [-0.4, -0.2) is 22.4 Å². The quantitative estimate of drug-likeness (QED) is 0.711. The molecule has 0 aliphatic rings. The van der Waals surface area contributed by atoms with Crippen molar-refractivity contribution in [3.05, 3.63) is 29.8 Å². The van der Waals surface area contributed by atoms with Crippen LogP contribution in [0, 0.1) is 5.92 Å². The molecule has 96 valence electrons. The molecular weight excluding hydrogens is 214 g/mol. The SMILES string of the molecule is CC[C@H](C)[C@](C)(O)CNCc1cccc(O)c1. The highest BCUT2D eigenvalue weighted by molar-refractivity contribution is 5.26. The van der Waals surface area contributed by atoms with Gasteiger partial charge < -0.3 is 15.5 Å². The molecule has 0 aliphatic heterocycles. The molecule has 0 spiro atoms. The van der Waals surface area contributed by atoms with Gasteiger partial charge >= 0.3 is 0 Å². The van der Waals surface area contributed by atoms with Gasteiger partial charge in [0.05, 0.1) is 5.60 Å². The lowest BCUT2D eigenvalue weighted by Gasteiger charge is -2.30. The number of phenolic OH excluding ortho intramolecular Hbond substituents is 1. The maximum absolute atomic E-state index is 10.2. The lowest BCUT2D eigenvalue weighted by atomic mass is 9.88. The van der Waals surface area contributed by atoms with Gasteiger partial charge in [-0.2, -0.15) is 0 Å². The molecule has 0 heterocycles. The average Bonchev–Trinajstić information content (AvgIpc) is 2.27. The number of hydrogen-bond donors (Lipinski definition) is 3. The van der Waals surface area contributed by atoms with Gasteiger partial charge in [0.25, 0.3) is 0 Å². The van der Waals surface area contributed by atoms with Gasteiger partial charge in [0.15, 0.2) is 0 Å². The van der Waals surface area contributed by atoms with E-state index >= 15 is 0 Å². The number of aliphatic hydroxyl groups is 1. The van der Waals surface area contributed by atoms with Crippen LogP contribution in [0.15, 0.2) is 24.3 Å². The molecule has 3 nitrogen and oxygen atoms in total. The Morgan fingerprint density at radius 2 is 2.12 bits per heavy atom. The van der Waals surface area contributed by atoms with Crippen molar-refractivity contribution in [3.8, 4) is 5.75 Å². The number of benzene rings is 1. The van der Waals surface area contributed by atoms with Crippen LogP contribution in [0.4, 0.5) is 0 Å². The molecule has 3 heteroatoms. The molecule has 0 unspecified atom stereocenters. The normalized spacial score (nSPS) is 16.5. The van der Waals surface area contributed by atoms with Crippen molar-refractivity contribution in [2.24, 2.45) is 5.92 Å². The highest BCUT2D eigenvalue weighted by Crippen LogP contribution is 2.19. The lowest BCUT2D eigenvalue weighted by molar-refractivity contribution is 0.00535. The second-order valence-corrected chi connectivity index (χ2v) is 4.94. The zero-order valence-electron chi connectivity index (χ0n) is 10.9. The van der Waals surface area contributed by atoms with Gasteiger partial charge in [-0.25, -0.2) is 0 Å². The van der Waals surface area contributed by atoms with Gasteiger partial charge in [-0.15, -0.1) is 0 Å². The highest BCUT2D eigenvalue weighted by Gasteiger charge is 2.26. The van der Waals surface area contributed by atoms with Gasteiger partial charge in [-0.1, -0.05) is 32.4 Å². The Morgan fingerprint density at radius 3 is 2.71 bits per heavy atom. The minimum atomic E-state index is -0.689. The number of hydrogen-bond acceptors (Lipinski definition) is 3. The first-order chi connectivity index (χ1) is 7.95. The van der Waals surface area contributed by atoms with E-state index < -0.39 is 5.60 Å². The molecule has 0 saturated carbocycles. The van der Waals surface area contributed by atoms with Gasteiger partial charge in [0.1, 0.15) is 5.75 Å². The van der Waals surface area contributed by atoms with E-state index in [1.807, 2.05) is 19.1 Å². The first kappa shape index (κ1) is 14.0. The number of aromatic hydroxyl groups is 1. The predicted octanol–water partition coefficient (Wildman–Crippen LogP) is 2.28. The summed E-state index contributed by atoms with van der Waals surface area (Å²) in [6, 6.07) is 7.15. The molecule has 3 N–H and O–H groups in total. The molecule has 0 fully saturated rings. The topological polar surface area (TPSA) is 52.5 Å². The minimum Gasteiger partial charge on any atom is -0.508 e. The third-order valence-electron chi connectivity index (χ3n) is 3.40. The van der Waals surface area contributed by atoms with Gasteiger partial charge in [-0.05, 0) is 30.5 Å². The number of phenols is 1. The molecule has 0 amide bonds.